The molecule has 0 bridgehead atoms. The number of hydrogen-bond acceptors (Lipinski definition) is 4. The second-order valence-electron chi connectivity index (χ2n) is 4.64. The van der Waals surface area contributed by atoms with Gasteiger partial charge < -0.3 is 14.6 Å². The summed E-state index contributed by atoms with van der Waals surface area (Å²) in [6.45, 7) is 5.81. The summed E-state index contributed by atoms with van der Waals surface area (Å²) in [6.07, 6.45) is 1.03. The minimum Gasteiger partial charge on any atom is -0.491 e. The Labute approximate surface area is 117 Å². The van der Waals surface area contributed by atoms with Gasteiger partial charge in [-0.25, -0.2) is 0 Å². The van der Waals surface area contributed by atoms with Crippen molar-refractivity contribution < 1.29 is 14.1 Å². The van der Waals surface area contributed by atoms with Crippen LogP contribution in [0.25, 0.3) is 0 Å². The van der Waals surface area contributed by atoms with Gasteiger partial charge in [-0.15, -0.1) is 0 Å². The van der Waals surface area contributed by atoms with Crippen molar-refractivity contribution in [2.75, 3.05) is 5.32 Å². The van der Waals surface area contributed by atoms with Crippen LogP contribution in [0.2, 0.25) is 0 Å². The third-order valence-corrected chi connectivity index (χ3v) is 2.88. The number of hydrogen-bond donors (Lipinski definition) is 1. The molecule has 0 spiro atoms. The van der Waals surface area contributed by atoms with Gasteiger partial charge in [-0.2, -0.15) is 0 Å². The van der Waals surface area contributed by atoms with E-state index in [4.69, 9.17) is 9.26 Å². The summed E-state index contributed by atoms with van der Waals surface area (Å²) in [5.74, 6) is 1.49. The van der Waals surface area contributed by atoms with Gasteiger partial charge in [0.25, 0.3) is 5.91 Å². The molecular weight excluding hydrogens is 256 g/mol. The Morgan fingerprint density at radius 3 is 2.90 bits per heavy atom. The third kappa shape index (κ3) is 3.60. The average molecular weight is 274 g/mol. The monoisotopic (exact) mass is 274 g/mol. The average Bonchev–Trinajstić information content (AvgIpc) is 2.84. The second-order valence-corrected chi connectivity index (χ2v) is 4.64. The minimum atomic E-state index is -0.243. The molecule has 106 valence electrons. The number of nitrogens with zero attached hydrogens (tertiary/aromatic N) is 1. The number of nitrogens with one attached hydrogen (secondary N) is 1. The van der Waals surface area contributed by atoms with Crippen molar-refractivity contribution in [3.8, 4) is 5.75 Å². The maximum Gasteiger partial charge on any atom is 0.257 e. The SMILES string of the molecule is CCC(C)Oc1cccc(C(=O)Nc2cc(C)on2)c1. The van der Waals surface area contributed by atoms with Gasteiger partial charge in [0.2, 0.25) is 0 Å². The van der Waals surface area contributed by atoms with E-state index in [0.717, 1.165) is 6.42 Å². The number of benzene rings is 1. The molecule has 0 aliphatic heterocycles. The first-order chi connectivity index (χ1) is 9.58. The van der Waals surface area contributed by atoms with Crippen LogP contribution >= 0.6 is 0 Å². The lowest BCUT2D eigenvalue weighted by atomic mass is 10.2. The smallest absolute Gasteiger partial charge is 0.257 e. The number of aryl methyl sites for hydroxylation is 1. The molecule has 1 atom stereocenters. The third-order valence-electron chi connectivity index (χ3n) is 2.88. The molecule has 1 N–H and O–H groups in total. The molecule has 1 unspecified atom stereocenters. The largest absolute Gasteiger partial charge is 0.491 e. The normalized spacial score (nSPS) is 11.9. The summed E-state index contributed by atoms with van der Waals surface area (Å²) >= 11 is 0. The number of anilines is 1. The lowest BCUT2D eigenvalue weighted by molar-refractivity contribution is 0.102. The first-order valence-corrected chi connectivity index (χ1v) is 6.60. The van der Waals surface area contributed by atoms with Crippen LogP contribution in [-0.4, -0.2) is 17.2 Å². The zero-order valence-corrected chi connectivity index (χ0v) is 11.8. The molecule has 0 aliphatic carbocycles. The molecule has 5 nitrogen and oxygen atoms in total. The molecule has 20 heavy (non-hydrogen) atoms. The maximum atomic E-state index is 12.1. The summed E-state index contributed by atoms with van der Waals surface area (Å²) in [7, 11) is 0. The van der Waals surface area contributed by atoms with Crippen molar-refractivity contribution in [2.24, 2.45) is 0 Å². The summed E-state index contributed by atoms with van der Waals surface area (Å²) < 4.78 is 10.6. The highest BCUT2D eigenvalue weighted by molar-refractivity contribution is 6.03. The highest BCUT2D eigenvalue weighted by atomic mass is 16.5. The van der Waals surface area contributed by atoms with Gasteiger partial charge in [0.1, 0.15) is 11.5 Å². The van der Waals surface area contributed by atoms with Gasteiger partial charge in [-0.3, -0.25) is 4.79 Å². The van der Waals surface area contributed by atoms with Gasteiger partial charge in [0.15, 0.2) is 5.82 Å². The van der Waals surface area contributed by atoms with E-state index in [-0.39, 0.29) is 12.0 Å². The summed E-state index contributed by atoms with van der Waals surface area (Å²) in [5.41, 5.74) is 0.520. The number of rotatable bonds is 5. The van der Waals surface area contributed by atoms with Gasteiger partial charge >= 0.3 is 0 Å². The molecule has 1 aromatic heterocycles. The standard InChI is InChI=1S/C15H18N2O3/c1-4-10(2)19-13-7-5-6-12(9-13)15(18)16-14-8-11(3)20-17-14/h5-10H,4H2,1-3H3,(H,16,17,18). The van der Waals surface area contributed by atoms with Gasteiger partial charge in [-0.1, -0.05) is 18.1 Å². The molecule has 5 heteroatoms. The number of aromatic nitrogens is 1. The van der Waals surface area contributed by atoms with E-state index in [0.29, 0.717) is 22.9 Å². The topological polar surface area (TPSA) is 64.4 Å². The highest BCUT2D eigenvalue weighted by Gasteiger charge is 2.10. The number of carbonyl (C=O) groups is 1. The Hall–Kier alpha value is -2.30. The predicted molar refractivity (Wildman–Crippen MR) is 76.0 cm³/mol. The van der Waals surface area contributed by atoms with Gasteiger partial charge in [-0.05, 0) is 38.5 Å². The first-order valence-electron chi connectivity index (χ1n) is 6.60. The zero-order valence-electron chi connectivity index (χ0n) is 11.8. The molecule has 0 saturated carbocycles. The van der Waals surface area contributed by atoms with Crippen molar-refractivity contribution in [2.45, 2.75) is 33.3 Å². The van der Waals surface area contributed by atoms with Crippen molar-refractivity contribution in [1.29, 1.82) is 0 Å². The van der Waals surface area contributed by atoms with Crippen LogP contribution in [0.1, 0.15) is 36.4 Å². The predicted octanol–water partition coefficient (Wildman–Crippen LogP) is 3.41. The quantitative estimate of drug-likeness (QED) is 0.907. The Balaban J connectivity index is 2.08. The molecule has 1 aromatic carbocycles. The van der Waals surface area contributed by atoms with E-state index in [2.05, 4.69) is 10.5 Å². The van der Waals surface area contributed by atoms with Crippen molar-refractivity contribution in [1.82, 2.24) is 5.16 Å². The van der Waals surface area contributed by atoms with Crippen LogP contribution in [-0.2, 0) is 0 Å². The Kier molecular flexibility index (Phi) is 4.40. The van der Waals surface area contributed by atoms with Crippen LogP contribution in [0.15, 0.2) is 34.9 Å². The number of carbonyl (C=O) groups excluding carboxylic acids is 1. The van der Waals surface area contributed by atoms with E-state index >= 15 is 0 Å². The minimum absolute atomic E-state index is 0.117. The van der Waals surface area contributed by atoms with Crippen molar-refractivity contribution in [3.63, 3.8) is 0 Å². The lowest BCUT2D eigenvalue weighted by Crippen LogP contribution is -2.13. The zero-order chi connectivity index (χ0) is 14.5. The van der Waals surface area contributed by atoms with Crippen LogP contribution in [0.5, 0.6) is 5.75 Å². The van der Waals surface area contributed by atoms with Gasteiger partial charge in [0, 0.05) is 11.6 Å². The summed E-state index contributed by atoms with van der Waals surface area (Å²) in [4.78, 5) is 12.1. The second kappa shape index (κ2) is 6.23. The summed E-state index contributed by atoms with van der Waals surface area (Å²) in [6, 6.07) is 8.74. The molecule has 2 aromatic rings. The fourth-order valence-electron chi connectivity index (χ4n) is 1.64. The van der Waals surface area contributed by atoms with Crippen molar-refractivity contribution in [3.05, 3.63) is 41.7 Å². The van der Waals surface area contributed by atoms with E-state index in [9.17, 15) is 4.79 Å². The molecule has 1 heterocycles. The van der Waals surface area contributed by atoms with E-state index in [1.54, 1.807) is 31.2 Å². The number of ether oxygens (including phenoxy) is 1. The highest BCUT2D eigenvalue weighted by Crippen LogP contribution is 2.17. The van der Waals surface area contributed by atoms with Gasteiger partial charge in [0.05, 0.1) is 6.10 Å². The molecule has 0 radical (unpaired) electrons. The number of amides is 1. The van der Waals surface area contributed by atoms with Crippen LogP contribution < -0.4 is 10.1 Å². The van der Waals surface area contributed by atoms with Crippen molar-refractivity contribution >= 4 is 11.7 Å². The fraction of sp³-hybridized carbons (Fsp3) is 0.333. The molecule has 2 rings (SSSR count). The Morgan fingerprint density at radius 1 is 1.45 bits per heavy atom. The van der Waals surface area contributed by atoms with E-state index in [1.165, 1.54) is 0 Å². The molecule has 0 fully saturated rings. The van der Waals surface area contributed by atoms with Crippen LogP contribution in [0.3, 0.4) is 0 Å². The first kappa shape index (κ1) is 14.1. The Bertz CT molecular complexity index is 592. The lowest BCUT2D eigenvalue weighted by Gasteiger charge is -2.13. The molecular formula is C15H18N2O3. The molecule has 0 saturated heterocycles. The fourth-order valence-corrected chi connectivity index (χ4v) is 1.64. The van der Waals surface area contributed by atoms with Crippen LogP contribution in [0, 0.1) is 6.92 Å². The maximum absolute atomic E-state index is 12.1. The van der Waals surface area contributed by atoms with Crippen LogP contribution in [0.4, 0.5) is 5.82 Å². The Morgan fingerprint density at radius 2 is 2.25 bits per heavy atom. The molecule has 1 amide bonds. The molecule has 0 aliphatic rings. The van der Waals surface area contributed by atoms with E-state index < -0.39 is 0 Å². The van der Waals surface area contributed by atoms with E-state index in [1.807, 2.05) is 19.9 Å². The summed E-state index contributed by atoms with van der Waals surface area (Å²) in [5, 5.41) is 6.40.